The first-order valence-electron chi connectivity index (χ1n) is 6.91. The standard InChI is InChI=1S/C16H19N3/c1-12-2-4-13(5-3-12)11-19-16-7-6-14(9-17)15(8-16)10-18/h6-8,12-13,19H,2-5,11H2,1H3. The van der Waals surface area contributed by atoms with E-state index in [0.29, 0.717) is 11.1 Å². The van der Waals surface area contributed by atoms with Crippen LogP contribution < -0.4 is 5.32 Å². The van der Waals surface area contributed by atoms with Crippen molar-refractivity contribution in [3.8, 4) is 12.1 Å². The van der Waals surface area contributed by atoms with Crippen LogP contribution in [0, 0.1) is 34.5 Å². The lowest BCUT2D eigenvalue weighted by Crippen LogP contribution is -2.20. The summed E-state index contributed by atoms with van der Waals surface area (Å²) in [5, 5.41) is 21.3. The van der Waals surface area contributed by atoms with E-state index in [9.17, 15) is 0 Å². The van der Waals surface area contributed by atoms with E-state index in [1.807, 2.05) is 12.1 Å². The fourth-order valence-electron chi connectivity index (χ4n) is 2.64. The van der Waals surface area contributed by atoms with Crippen molar-refractivity contribution in [3.05, 3.63) is 29.3 Å². The molecule has 0 saturated heterocycles. The molecule has 0 aliphatic heterocycles. The van der Waals surface area contributed by atoms with E-state index in [0.717, 1.165) is 24.1 Å². The predicted molar refractivity (Wildman–Crippen MR) is 75.5 cm³/mol. The molecule has 0 unspecified atom stereocenters. The normalized spacial score (nSPS) is 22.3. The van der Waals surface area contributed by atoms with Gasteiger partial charge in [-0.15, -0.1) is 0 Å². The Labute approximate surface area is 114 Å². The van der Waals surface area contributed by atoms with Crippen LogP contribution in [0.3, 0.4) is 0 Å². The molecule has 19 heavy (non-hydrogen) atoms. The molecule has 0 atom stereocenters. The highest BCUT2D eigenvalue weighted by Crippen LogP contribution is 2.28. The lowest BCUT2D eigenvalue weighted by Gasteiger charge is -2.26. The summed E-state index contributed by atoms with van der Waals surface area (Å²) in [4.78, 5) is 0. The van der Waals surface area contributed by atoms with Crippen LogP contribution in [0.4, 0.5) is 5.69 Å². The van der Waals surface area contributed by atoms with Gasteiger partial charge in [0.05, 0.1) is 11.1 Å². The zero-order valence-corrected chi connectivity index (χ0v) is 11.3. The monoisotopic (exact) mass is 253 g/mol. The summed E-state index contributed by atoms with van der Waals surface area (Å²) in [6.07, 6.45) is 5.22. The molecule has 1 aliphatic carbocycles. The number of hydrogen-bond acceptors (Lipinski definition) is 3. The van der Waals surface area contributed by atoms with E-state index in [1.54, 1.807) is 12.1 Å². The summed E-state index contributed by atoms with van der Waals surface area (Å²) in [6, 6.07) is 9.46. The van der Waals surface area contributed by atoms with Crippen molar-refractivity contribution < 1.29 is 0 Å². The van der Waals surface area contributed by atoms with Crippen molar-refractivity contribution >= 4 is 5.69 Å². The van der Waals surface area contributed by atoms with Gasteiger partial charge in [0.15, 0.2) is 0 Å². The van der Waals surface area contributed by atoms with Crippen LogP contribution in [0.25, 0.3) is 0 Å². The maximum atomic E-state index is 8.99. The minimum atomic E-state index is 0.444. The fraction of sp³-hybridized carbons (Fsp3) is 0.500. The van der Waals surface area contributed by atoms with E-state index in [4.69, 9.17) is 10.5 Å². The van der Waals surface area contributed by atoms with Crippen LogP contribution in [-0.4, -0.2) is 6.54 Å². The number of anilines is 1. The highest BCUT2D eigenvalue weighted by atomic mass is 14.9. The van der Waals surface area contributed by atoms with Gasteiger partial charge in [0.1, 0.15) is 12.1 Å². The zero-order valence-electron chi connectivity index (χ0n) is 11.3. The van der Waals surface area contributed by atoms with E-state index in [-0.39, 0.29) is 0 Å². The summed E-state index contributed by atoms with van der Waals surface area (Å²) in [5.41, 5.74) is 1.83. The Morgan fingerprint density at radius 3 is 2.42 bits per heavy atom. The number of benzene rings is 1. The van der Waals surface area contributed by atoms with Crippen LogP contribution in [0.1, 0.15) is 43.7 Å². The molecule has 0 radical (unpaired) electrons. The minimum absolute atomic E-state index is 0.444. The molecule has 1 aromatic rings. The first-order chi connectivity index (χ1) is 9.22. The quantitative estimate of drug-likeness (QED) is 0.894. The van der Waals surface area contributed by atoms with Crippen molar-refractivity contribution in [1.29, 1.82) is 10.5 Å². The van der Waals surface area contributed by atoms with Gasteiger partial charge in [0, 0.05) is 12.2 Å². The number of nitrogens with zero attached hydrogens (tertiary/aromatic N) is 2. The Balaban J connectivity index is 1.93. The summed E-state index contributed by atoms with van der Waals surface area (Å²) >= 11 is 0. The third kappa shape index (κ3) is 3.48. The zero-order chi connectivity index (χ0) is 13.7. The van der Waals surface area contributed by atoms with Crippen molar-refractivity contribution in [2.24, 2.45) is 11.8 Å². The van der Waals surface area contributed by atoms with Crippen LogP contribution in [-0.2, 0) is 0 Å². The van der Waals surface area contributed by atoms with Gasteiger partial charge >= 0.3 is 0 Å². The predicted octanol–water partition coefficient (Wildman–Crippen LogP) is 3.67. The maximum Gasteiger partial charge on any atom is 0.101 e. The molecule has 0 spiro atoms. The van der Waals surface area contributed by atoms with Gasteiger partial charge in [-0.05, 0) is 42.9 Å². The van der Waals surface area contributed by atoms with Gasteiger partial charge in [0.25, 0.3) is 0 Å². The molecule has 0 heterocycles. The van der Waals surface area contributed by atoms with Gasteiger partial charge in [-0.3, -0.25) is 0 Å². The van der Waals surface area contributed by atoms with Gasteiger partial charge in [-0.2, -0.15) is 10.5 Å². The summed E-state index contributed by atoms with van der Waals surface area (Å²) < 4.78 is 0. The van der Waals surface area contributed by atoms with E-state index in [1.165, 1.54) is 25.7 Å². The summed E-state index contributed by atoms with van der Waals surface area (Å²) in [5.74, 6) is 1.61. The molecular formula is C16H19N3. The van der Waals surface area contributed by atoms with E-state index in [2.05, 4.69) is 18.3 Å². The van der Waals surface area contributed by atoms with Crippen molar-refractivity contribution in [2.75, 3.05) is 11.9 Å². The molecule has 1 fully saturated rings. The lowest BCUT2D eigenvalue weighted by atomic mass is 9.83. The largest absolute Gasteiger partial charge is 0.385 e. The molecule has 3 nitrogen and oxygen atoms in total. The molecule has 0 bridgehead atoms. The second-order valence-electron chi connectivity index (χ2n) is 5.49. The van der Waals surface area contributed by atoms with Gasteiger partial charge in [-0.1, -0.05) is 19.8 Å². The number of nitrogens with one attached hydrogen (secondary N) is 1. The average molecular weight is 253 g/mol. The summed E-state index contributed by atoms with van der Waals surface area (Å²) in [7, 11) is 0. The van der Waals surface area contributed by atoms with Crippen LogP contribution in [0.2, 0.25) is 0 Å². The van der Waals surface area contributed by atoms with Gasteiger partial charge < -0.3 is 5.32 Å². The van der Waals surface area contributed by atoms with Crippen LogP contribution in [0.5, 0.6) is 0 Å². The molecule has 1 aliphatic rings. The Morgan fingerprint density at radius 1 is 1.11 bits per heavy atom. The lowest BCUT2D eigenvalue weighted by molar-refractivity contribution is 0.300. The van der Waals surface area contributed by atoms with Crippen molar-refractivity contribution in [2.45, 2.75) is 32.6 Å². The molecule has 1 saturated carbocycles. The average Bonchev–Trinajstić information content (AvgIpc) is 2.46. The molecule has 1 N–H and O–H groups in total. The van der Waals surface area contributed by atoms with Gasteiger partial charge in [0.2, 0.25) is 0 Å². The number of rotatable bonds is 3. The van der Waals surface area contributed by atoms with Crippen molar-refractivity contribution in [1.82, 2.24) is 0 Å². The maximum absolute atomic E-state index is 8.99. The molecule has 2 rings (SSSR count). The fourth-order valence-corrected chi connectivity index (χ4v) is 2.64. The Kier molecular flexibility index (Phi) is 4.42. The topological polar surface area (TPSA) is 59.6 Å². The number of hydrogen-bond donors (Lipinski definition) is 1. The molecule has 0 aromatic heterocycles. The molecule has 98 valence electrons. The van der Waals surface area contributed by atoms with E-state index >= 15 is 0 Å². The second-order valence-corrected chi connectivity index (χ2v) is 5.49. The Bertz CT molecular complexity index is 514. The van der Waals surface area contributed by atoms with E-state index < -0.39 is 0 Å². The highest BCUT2D eigenvalue weighted by molar-refractivity contribution is 5.56. The second kappa shape index (κ2) is 6.25. The third-order valence-electron chi connectivity index (χ3n) is 3.99. The molecule has 0 amide bonds. The van der Waals surface area contributed by atoms with Crippen LogP contribution >= 0.6 is 0 Å². The first-order valence-corrected chi connectivity index (χ1v) is 6.91. The van der Waals surface area contributed by atoms with Crippen molar-refractivity contribution in [3.63, 3.8) is 0 Å². The third-order valence-corrected chi connectivity index (χ3v) is 3.99. The first kappa shape index (κ1) is 13.4. The smallest absolute Gasteiger partial charge is 0.101 e. The minimum Gasteiger partial charge on any atom is -0.385 e. The molecule has 1 aromatic carbocycles. The SMILES string of the molecule is CC1CCC(CNc2ccc(C#N)c(C#N)c2)CC1. The number of nitriles is 2. The summed E-state index contributed by atoms with van der Waals surface area (Å²) in [6.45, 7) is 3.28. The molecule has 3 heteroatoms. The van der Waals surface area contributed by atoms with Gasteiger partial charge in [-0.25, -0.2) is 0 Å². The van der Waals surface area contributed by atoms with Crippen LogP contribution in [0.15, 0.2) is 18.2 Å². The highest BCUT2D eigenvalue weighted by Gasteiger charge is 2.17. The molecular weight excluding hydrogens is 234 g/mol. The Morgan fingerprint density at radius 2 is 1.79 bits per heavy atom. The Hall–Kier alpha value is -2.00.